The number of aliphatic carboxylic acids is 1. The van der Waals surface area contributed by atoms with Crippen LogP contribution in [-0.2, 0) is 20.9 Å². The Morgan fingerprint density at radius 2 is 2.04 bits per heavy atom. The summed E-state index contributed by atoms with van der Waals surface area (Å²) in [6, 6.07) is 9.57. The van der Waals surface area contributed by atoms with Crippen LogP contribution in [0.25, 0.3) is 0 Å². The lowest BCUT2D eigenvalue weighted by Gasteiger charge is -2.44. The fourth-order valence-corrected chi connectivity index (χ4v) is 6.03. The molecule has 1 fully saturated rings. The number of aliphatic hydroxyl groups excluding tert-OH is 1. The maximum absolute atomic E-state index is 12.3. The maximum Gasteiger partial charge on any atom is 0.354 e. The number of carbonyl (C=O) groups is 3. The second kappa shape index (κ2) is 9.02. The van der Waals surface area contributed by atoms with Gasteiger partial charge in [0, 0.05) is 18.7 Å². The predicted molar refractivity (Wildman–Crippen MR) is 108 cm³/mol. The fourth-order valence-electron chi connectivity index (χ4n) is 3.14. The number of β-lactam (4-membered cyclic amide) rings is 1. The van der Waals surface area contributed by atoms with E-state index < -0.39 is 18.0 Å². The second-order valence-corrected chi connectivity index (χ2v) is 9.01. The molecule has 0 aliphatic carbocycles. The standard InChI is InChI=1S/C19H22N2O5S2/c1-2-12(22)14-16(24)21-15(18(25)26)19(28-17(14)21)27-9-8-13(23)20-10-11-6-4-3-5-7-11/h3-7,12,14,17,22H,2,8-10H2,1H3,(H,20,23)(H,25,26)/t12-,14+,17+/m0/s1. The van der Waals surface area contributed by atoms with Gasteiger partial charge in [0.2, 0.25) is 11.8 Å². The first-order valence-electron chi connectivity index (χ1n) is 9.02. The van der Waals surface area contributed by atoms with E-state index >= 15 is 0 Å². The molecule has 0 unspecified atom stereocenters. The SMILES string of the molecule is CC[C@H](O)[C@@H]1C(=O)N2C(C(=O)O)=C(SCCC(=O)NCc3ccccc3)S[C@H]12. The van der Waals surface area contributed by atoms with Gasteiger partial charge in [-0.05, 0) is 12.0 Å². The summed E-state index contributed by atoms with van der Waals surface area (Å²) in [7, 11) is 0. The Kier molecular flexibility index (Phi) is 6.69. The topological polar surface area (TPSA) is 107 Å². The van der Waals surface area contributed by atoms with Gasteiger partial charge in [-0.1, -0.05) is 49.0 Å². The number of nitrogens with zero attached hydrogens (tertiary/aromatic N) is 1. The zero-order valence-electron chi connectivity index (χ0n) is 15.3. The van der Waals surface area contributed by atoms with Gasteiger partial charge in [0.05, 0.1) is 16.3 Å². The molecule has 0 bridgehead atoms. The van der Waals surface area contributed by atoms with Crippen molar-refractivity contribution < 1.29 is 24.6 Å². The van der Waals surface area contributed by atoms with Crippen molar-refractivity contribution in [1.82, 2.24) is 10.2 Å². The Balaban J connectivity index is 1.53. The number of hydrogen-bond donors (Lipinski definition) is 3. The summed E-state index contributed by atoms with van der Waals surface area (Å²) < 4.78 is 0.521. The molecule has 3 N–H and O–H groups in total. The number of benzene rings is 1. The van der Waals surface area contributed by atoms with Crippen molar-refractivity contribution in [3.05, 3.63) is 45.8 Å². The summed E-state index contributed by atoms with van der Waals surface area (Å²) >= 11 is 2.56. The van der Waals surface area contributed by atoms with Crippen LogP contribution in [0.4, 0.5) is 0 Å². The first kappa shape index (κ1) is 20.8. The summed E-state index contributed by atoms with van der Waals surface area (Å²) in [4.78, 5) is 37.2. The Labute approximate surface area is 171 Å². The normalized spacial score (nSPS) is 21.9. The van der Waals surface area contributed by atoms with E-state index in [0.717, 1.165) is 5.56 Å². The summed E-state index contributed by atoms with van der Waals surface area (Å²) in [6.45, 7) is 2.23. The predicted octanol–water partition coefficient (Wildman–Crippen LogP) is 1.98. The van der Waals surface area contributed by atoms with E-state index in [2.05, 4.69) is 5.32 Å². The van der Waals surface area contributed by atoms with Crippen LogP contribution in [0.2, 0.25) is 0 Å². The first-order chi connectivity index (χ1) is 13.4. The van der Waals surface area contributed by atoms with E-state index in [1.54, 1.807) is 6.92 Å². The average molecular weight is 423 g/mol. The average Bonchev–Trinajstić information content (AvgIpc) is 3.01. The summed E-state index contributed by atoms with van der Waals surface area (Å²) in [5.74, 6) is -1.79. The molecule has 2 aliphatic rings. The van der Waals surface area contributed by atoms with Gasteiger partial charge in [0.25, 0.3) is 0 Å². The third-order valence-corrected chi connectivity index (χ3v) is 7.34. The number of amides is 2. The monoisotopic (exact) mass is 422 g/mol. The number of carbonyl (C=O) groups excluding carboxylic acids is 2. The maximum atomic E-state index is 12.3. The number of nitrogens with one attached hydrogen (secondary N) is 1. The van der Waals surface area contributed by atoms with E-state index in [9.17, 15) is 24.6 Å². The summed E-state index contributed by atoms with van der Waals surface area (Å²) in [5.41, 5.74) is 0.975. The van der Waals surface area contributed by atoms with Crippen LogP contribution < -0.4 is 5.32 Å². The van der Waals surface area contributed by atoms with Crippen molar-refractivity contribution in [3.63, 3.8) is 0 Å². The minimum absolute atomic E-state index is 0.0331. The molecule has 2 aliphatic heterocycles. The van der Waals surface area contributed by atoms with Gasteiger partial charge in [0.15, 0.2) is 5.70 Å². The van der Waals surface area contributed by atoms with Crippen LogP contribution in [-0.4, -0.2) is 50.1 Å². The lowest BCUT2D eigenvalue weighted by Crippen LogP contribution is -2.61. The Morgan fingerprint density at radius 3 is 2.68 bits per heavy atom. The van der Waals surface area contributed by atoms with Crippen molar-refractivity contribution in [2.45, 2.75) is 37.8 Å². The van der Waals surface area contributed by atoms with E-state index in [4.69, 9.17) is 0 Å². The van der Waals surface area contributed by atoms with Crippen molar-refractivity contribution in [3.8, 4) is 0 Å². The van der Waals surface area contributed by atoms with Gasteiger partial charge >= 0.3 is 5.97 Å². The molecule has 9 heteroatoms. The Hall–Kier alpha value is -1.97. The van der Waals surface area contributed by atoms with E-state index in [-0.39, 0.29) is 29.3 Å². The number of carboxylic acids is 1. The van der Waals surface area contributed by atoms with Crippen molar-refractivity contribution in [2.75, 3.05) is 5.75 Å². The Morgan fingerprint density at radius 1 is 1.32 bits per heavy atom. The molecule has 150 valence electrons. The molecule has 1 aromatic carbocycles. The van der Waals surface area contributed by atoms with Gasteiger partial charge in [-0.2, -0.15) is 0 Å². The number of fused-ring (bicyclic) bond motifs is 1. The van der Waals surface area contributed by atoms with Gasteiger partial charge in [-0.25, -0.2) is 4.79 Å². The van der Waals surface area contributed by atoms with Crippen molar-refractivity contribution in [2.24, 2.45) is 5.92 Å². The highest BCUT2D eigenvalue weighted by Crippen LogP contribution is 2.54. The number of aliphatic hydroxyl groups is 1. The minimum Gasteiger partial charge on any atom is -0.477 e. The zero-order valence-corrected chi connectivity index (χ0v) is 17.0. The fraction of sp³-hybridized carbons (Fsp3) is 0.421. The molecule has 7 nitrogen and oxygen atoms in total. The number of rotatable bonds is 9. The van der Waals surface area contributed by atoms with E-state index in [1.807, 2.05) is 30.3 Å². The largest absolute Gasteiger partial charge is 0.477 e. The summed E-state index contributed by atoms with van der Waals surface area (Å²) in [6.07, 6.45) is -0.0913. The van der Waals surface area contributed by atoms with Crippen LogP contribution in [0.5, 0.6) is 0 Å². The molecule has 2 heterocycles. The van der Waals surface area contributed by atoms with Gasteiger partial charge < -0.3 is 15.5 Å². The molecule has 0 aromatic heterocycles. The zero-order chi connectivity index (χ0) is 20.3. The van der Waals surface area contributed by atoms with E-state index in [0.29, 0.717) is 23.0 Å². The van der Waals surface area contributed by atoms with Crippen LogP contribution in [0, 0.1) is 5.92 Å². The van der Waals surface area contributed by atoms with Crippen LogP contribution in [0.1, 0.15) is 25.3 Å². The van der Waals surface area contributed by atoms with Crippen LogP contribution in [0.3, 0.4) is 0 Å². The highest BCUT2D eigenvalue weighted by atomic mass is 32.2. The quantitative estimate of drug-likeness (QED) is 0.523. The molecule has 28 heavy (non-hydrogen) atoms. The highest BCUT2D eigenvalue weighted by Gasteiger charge is 2.58. The second-order valence-electron chi connectivity index (χ2n) is 6.52. The lowest BCUT2D eigenvalue weighted by molar-refractivity contribution is -0.157. The molecule has 0 spiro atoms. The number of thioether (sulfide) groups is 2. The number of carboxylic acid groups (broad SMARTS) is 1. The van der Waals surface area contributed by atoms with Gasteiger partial charge in [-0.3, -0.25) is 14.5 Å². The molecular weight excluding hydrogens is 400 g/mol. The third kappa shape index (κ3) is 4.21. The molecular formula is C19H22N2O5S2. The highest BCUT2D eigenvalue weighted by molar-refractivity contribution is 8.22. The van der Waals surface area contributed by atoms with Crippen molar-refractivity contribution in [1.29, 1.82) is 0 Å². The Bertz CT molecular complexity index is 799. The summed E-state index contributed by atoms with van der Waals surface area (Å²) in [5, 5.41) is 22.0. The molecule has 0 saturated carbocycles. The number of hydrogen-bond acceptors (Lipinski definition) is 6. The van der Waals surface area contributed by atoms with Crippen LogP contribution in [0.15, 0.2) is 40.3 Å². The smallest absolute Gasteiger partial charge is 0.354 e. The molecule has 2 amide bonds. The molecule has 3 rings (SSSR count). The van der Waals surface area contributed by atoms with Gasteiger partial charge in [-0.15, -0.1) is 11.8 Å². The molecule has 0 radical (unpaired) electrons. The van der Waals surface area contributed by atoms with E-state index in [1.165, 1.54) is 28.4 Å². The first-order valence-corrected chi connectivity index (χ1v) is 10.9. The molecule has 1 saturated heterocycles. The lowest BCUT2D eigenvalue weighted by atomic mass is 9.90. The van der Waals surface area contributed by atoms with Crippen LogP contribution >= 0.6 is 23.5 Å². The molecule has 3 atom stereocenters. The van der Waals surface area contributed by atoms with Gasteiger partial charge in [0.1, 0.15) is 5.37 Å². The minimum atomic E-state index is -1.16. The molecule has 1 aromatic rings. The van der Waals surface area contributed by atoms with Crippen molar-refractivity contribution >= 4 is 41.3 Å². The third-order valence-electron chi connectivity index (χ3n) is 4.68.